The summed E-state index contributed by atoms with van der Waals surface area (Å²) in [5, 5.41) is 11.1. The SMILES string of the molecule is Cc1ccc(OCC(=O)N(C)Cc2ccc(OC(F)F)cc2)c([N+](=O)[O-])c1. The molecule has 2 aromatic rings. The normalized spacial score (nSPS) is 10.6. The molecule has 0 bridgehead atoms. The smallest absolute Gasteiger partial charge is 0.387 e. The number of alkyl halides is 2. The first-order chi connectivity index (χ1) is 12.8. The highest BCUT2D eigenvalue weighted by molar-refractivity contribution is 5.77. The van der Waals surface area contributed by atoms with Crippen LogP contribution in [-0.4, -0.2) is 36.0 Å². The van der Waals surface area contributed by atoms with Gasteiger partial charge in [-0.25, -0.2) is 0 Å². The molecule has 0 aliphatic heterocycles. The maximum Gasteiger partial charge on any atom is 0.387 e. The van der Waals surface area contributed by atoms with E-state index < -0.39 is 17.4 Å². The number of likely N-dealkylation sites (N-methyl/N-ethyl adjacent to an activating group) is 1. The average Bonchev–Trinajstić information content (AvgIpc) is 2.61. The summed E-state index contributed by atoms with van der Waals surface area (Å²) in [4.78, 5) is 24.0. The Morgan fingerprint density at radius 3 is 2.48 bits per heavy atom. The zero-order valence-electron chi connectivity index (χ0n) is 14.7. The highest BCUT2D eigenvalue weighted by Gasteiger charge is 2.17. The molecular weight excluding hydrogens is 362 g/mol. The van der Waals surface area contributed by atoms with E-state index in [2.05, 4.69) is 4.74 Å². The Balaban J connectivity index is 1.93. The van der Waals surface area contributed by atoms with Gasteiger partial charge in [0.2, 0.25) is 0 Å². The van der Waals surface area contributed by atoms with Crippen LogP contribution in [0.5, 0.6) is 11.5 Å². The summed E-state index contributed by atoms with van der Waals surface area (Å²) in [6.07, 6.45) is 0. The maximum atomic E-state index is 12.2. The number of aryl methyl sites for hydroxylation is 1. The van der Waals surface area contributed by atoms with Gasteiger partial charge in [-0.15, -0.1) is 0 Å². The Morgan fingerprint density at radius 2 is 1.89 bits per heavy atom. The number of hydrogen-bond donors (Lipinski definition) is 0. The van der Waals surface area contributed by atoms with Crippen molar-refractivity contribution in [2.24, 2.45) is 0 Å². The standard InChI is InChI=1S/C18H18F2N2O5/c1-12-3-8-16(15(9-12)22(24)25)26-11-17(23)21(2)10-13-4-6-14(7-5-13)27-18(19)20/h3-9,18H,10-11H2,1-2H3. The second kappa shape index (κ2) is 8.93. The van der Waals surface area contributed by atoms with Crippen LogP contribution < -0.4 is 9.47 Å². The van der Waals surface area contributed by atoms with Crippen molar-refractivity contribution in [1.29, 1.82) is 0 Å². The van der Waals surface area contributed by atoms with E-state index in [4.69, 9.17) is 4.74 Å². The van der Waals surface area contributed by atoms with Gasteiger partial charge >= 0.3 is 12.3 Å². The van der Waals surface area contributed by atoms with Crippen molar-refractivity contribution in [2.75, 3.05) is 13.7 Å². The van der Waals surface area contributed by atoms with Gasteiger partial charge in [0, 0.05) is 19.7 Å². The minimum atomic E-state index is -2.90. The van der Waals surface area contributed by atoms with Gasteiger partial charge in [0.05, 0.1) is 4.92 Å². The summed E-state index contributed by atoms with van der Waals surface area (Å²) in [7, 11) is 1.54. The van der Waals surface area contributed by atoms with E-state index in [1.54, 1.807) is 32.2 Å². The molecule has 0 atom stereocenters. The molecule has 2 aromatic carbocycles. The van der Waals surface area contributed by atoms with Crippen molar-refractivity contribution in [3.05, 3.63) is 63.7 Å². The predicted molar refractivity (Wildman–Crippen MR) is 92.9 cm³/mol. The monoisotopic (exact) mass is 380 g/mol. The third-order valence-electron chi connectivity index (χ3n) is 3.66. The molecular formula is C18H18F2N2O5. The summed E-state index contributed by atoms with van der Waals surface area (Å²) in [5.41, 5.74) is 1.20. The molecule has 0 aromatic heterocycles. The molecule has 7 nitrogen and oxygen atoms in total. The van der Waals surface area contributed by atoms with Crippen molar-refractivity contribution >= 4 is 11.6 Å². The zero-order valence-corrected chi connectivity index (χ0v) is 14.7. The van der Waals surface area contributed by atoms with Crippen LogP contribution >= 0.6 is 0 Å². The Hall–Kier alpha value is -3.23. The van der Waals surface area contributed by atoms with E-state index in [0.717, 1.165) is 0 Å². The number of rotatable bonds is 8. The molecule has 1 amide bonds. The summed E-state index contributed by atoms with van der Waals surface area (Å²) in [6, 6.07) is 10.4. The lowest BCUT2D eigenvalue weighted by Gasteiger charge is -2.18. The molecule has 9 heteroatoms. The summed E-state index contributed by atoms with van der Waals surface area (Å²) < 4.78 is 33.8. The van der Waals surface area contributed by atoms with Crippen LogP contribution in [0.25, 0.3) is 0 Å². The molecule has 0 heterocycles. The van der Waals surface area contributed by atoms with Crippen LogP contribution in [0.15, 0.2) is 42.5 Å². The van der Waals surface area contributed by atoms with Crippen molar-refractivity contribution in [2.45, 2.75) is 20.1 Å². The van der Waals surface area contributed by atoms with Crippen molar-refractivity contribution in [1.82, 2.24) is 4.90 Å². The molecule has 2 rings (SSSR count). The van der Waals surface area contributed by atoms with Gasteiger partial charge in [0.25, 0.3) is 5.91 Å². The Bertz CT molecular complexity index is 812. The summed E-state index contributed by atoms with van der Waals surface area (Å²) in [5.74, 6) is -0.351. The molecule has 0 saturated heterocycles. The minimum absolute atomic E-state index is 0.0147. The fourth-order valence-corrected chi connectivity index (χ4v) is 2.28. The summed E-state index contributed by atoms with van der Waals surface area (Å²) in [6.45, 7) is -1.34. The average molecular weight is 380 g/mol. The molecule has 144 valence electrons. The van der Waals surface area contributed by atoms with Gasteiger partial charge in [-0.2, -0.15) is 8.78 Å². The van der Waals surface area contributed by atoms with Crippen LogP contribution in [0.1, 0.15) is 11.1 Å². The topological polar surface area (TPSA) is 81.9 Å². The number of halogens is 2. The minimum Gasteiger partial charge on any atom is -0.477 e. The van der Waals surface area contributed by atoms with Crippen LogP contribution in [0, 0.1) is 17.0 Å². The quantitative estimate of drug-likeness (QED) is 0.517. The van der Waals surface area contributed by atoms with Crippen molar-refractivity contribution < 1.29 is 28.0 Å². The number of carbonyl (C=O) groups is 1. The van der Waals surface area contributed by atoms with Crippen LogP contribution in [0.4, 0.5) is 14.5 Å². The number of amides is 1. The Morgan fingerprint density at radius 1 is 1.22 bits per heavy atom. The largest absolute Gasteiger partial charge is 0.477 e. The van der Waals surface area contributed by atoms with E-state index in [1.807, 2.05) is 0 Å². The van der Waals surface area contributed by atoms with Gasteiger partial charge in [0.1, 0.15) is 5.75 Å². The molecule has 0 saturated carbocycles. The number of hydrogen-bond acceptors (Lipinski definition) is 5. The van der Waals surface area contributed by atoms with E-state index in [0.29, 0.717) is 11.1 Å². The number of nitro groups is 1. The van der Waals surface area contributed by atoms with Gasteiger partial charge < -0.3 is 14.4 Å². The predicted octanol–water partition coefficient (Wildman–Crippen LogP) is 3.54. The fourth-order valence-electron chi connectivity index (χ4n) is 2.28. The van der Waals surface area contributed by atoms with Crippen molar-refractivity contribution in [3.63, 3.8) is 0 Å². The molecule has 0 aliphatic carbocycles. The van der Waals surface area contributed by atoms with Gasteiger partial charge in [-0.05, 0) is 36.2 Å². The van der Waals surface area contributed by atoms with E-state index in [9.17, 15) is 23.7 Å². The highest BCUT2D eigenvalue weighted by atomic mass is 19.3. The van der Waals surface area contributed by atoms with E-state index >= 15 is 0 Å². The second-order valence-electron chi connectivity index (χ2n) is 5.79. The first-order valence-corrected chi connectivity index (χ1v) is 7.92. The number of benzene rings is 2. The number of nitro benzene ring substituents is 1. The molecule has 27 heavy (non-hydrogen) atoms. The molecule has 0 radical (unpaired) electrons. The molecule has 0 N–H and O–H groups in total. The van der Waals surface area contributed by atoms with E-state index in [-0.39, 0.29) is 30.3 Å². The Kier molecular flexibility index (Phi) is 6.64. The number of ether oxygens (including phenoxy) is 2. The zero-order chi connectivity index (χ0) is 20.0. The molecule has 0 unspecified atom stereocenters. The van der Waals surface area contributed by atoms with Crippen molar-refractivity contribution in [3.8, 4) is 11.5 Å². The van der Waals surface area contributed by atoms with Gasteiger partial charge in [-0.1, -0.05) is 18.2 Å². The third-order valence-corrected chi connectivity index (χ3v) is 3.66. The third kappa shape index (κ3) is 5.91. The first kappa shape index (κ1) is 20.1. The highest BCUT2D eigenvalue weighted by Crippen LogP contribution is 2.27. The number of carbonyl (C=O) groups excluding carboxylic acids is 1. The lowest BCUT2D eigenvalue weighted by atomic mass is 10.2. The Labute approximate surface area is 154 Å². The second-order valence-corrected chi connectivity index (χ2v) is 5.79. The summed E-state index contributed by atoms with van der Waals surface area (Å²) >= 11 is 0. The van der Waals surface area contributed by atoms with Crippen LogP contribution in [0.2, 0.25) is 0 Å². The van der Waals surface area contributed by atoms with Gasteiger partial charge in [0.15, 0.2) is 12.4 Å². The molecule has 0 spiro atoms. The van der Waals surface area contributed by atoms with Crippen LogP contribution in [-0.2, 0) is 11.3 Å². The maximum absolute atomic E-state index is 12.2. The lowest BCUT2D eigenvalue weighted by molar-refractivity contribution is -0.385. The van der Waals surface area contributed by atoms with Gasteiger partial charge in [-0.3, -0.25) is 14.9 Å². The molecule has 0 fully saturated rings. The first-order valence-electron chi connectivity index (χ1n) is 7.92. The molecule has 0 aliphatic rings. The van der Waals surface area contributed by atoms with Crippen LogP contribution in [0.3, 0.4) is 0 Å². The van der Waals surface area contributed by atoms with E-state index in [1.165, 1.54) is 29.2 Å². The number of nitrogens with zero attached hydrogens (tertiary/aromatic N) is 2. The lowest BCUT2D eigenvalue weighted by Crippen LogP contribution is -2.31. The fraction of sp³-hybridized carbons (Fsp3) is 0.278.